The van der Waals surface area contributed by atoms with E-state index in [1.165, 1.54) is 16.8 Å². The van der Waals surface area contributed by atoms with E-state index in [-0.39, 0.29) is 18.4 Å². The maximum Gasteiger partial charge on any atom is 0.238 e. The standard InChI is InChI=1S/C10H10ClN5.C6H13NO3S/c1-5(2)9-6(3-12)8(11)7-4-14-10(13)15-16(7)9;1-11(9,10)7-4-2-3-6(8)5-7/h4-5H,1-2H3,(H2,13,15);6,8H,2-5H2,1H3. The van der Waals surface area contributed by atoms with Crippen LogP contribution in [0.5, 0.6) is 0 Å². The van der Waals surface area contributed by atoms with Gasteiger partial charge in [0.05, 0.1) is 34.8 Å². The summed E-state index contributed by atoms with van der Waals surface area (Å²) in [6.45, 7) is 4.75. The summed E-state index contributed by atoms with van der Waals surface area (Å²) in [6.07, 6.45) is 3.70. The molecule has 148 valence electrons. The van der Waals surface area contributed by atoms with Crippen molar-refractivity contribution < 1.29 is 13.5 Å². The number of anilines is 1. The van der Waals surface area contributed by atoms with Crippen molar-refractivity contribution in [1.29, 1.82) is 5.26 Å². The van der Waals surface area contributed by atoms with Gasteiger partial charge in [-0.05, 0) is 18.8 Å². The second-order valence-corrected chi connectivity index (χ2v) is 9.03. The molecule has 11 heteroatoms. The van der Waals surface area contributed by atoms with E-state index in [0.717, 1.165) is 12.1 Å². The van der Waals surface area contributed by atoms with Gasteiger partial charge in [0.25, 0.3) is 0 Å². The molecular formula is C16H23ClN6O3S. The quantitative estimate of drug-likeness (QED) is 0.756. The number of hydrogen-bond donors (Lipinski definition) is 2. The third-order valence-corrected chi connectivity index (χ3v) is 5.82. The van der Waals surface area contributed by atoms with Crippen LogP contribution < -0.4 is 5.73 Å². The minimum Gasteiger partial charge on any atom is -0.392 e. The number of aliphatic hydroxyl groups excluding tert-OH is 1. The van der Waals surface area contributed by atoms with Gasteiger partial charge >= 0.3 is 0 Å². The van der Waals surface area contributed by atoms with E-state index in [1.807, 2.05) is 13.8 Å². The van der Waals surface area contributed by atoms with E-state index >= 15 is 0 Å². The highest BCUT2D eigenvalue weighted by Gasteiger charge is 2.24. The molecule has 3 N–H and O–H groups in total. The summed E-state index contributed by atoms with van der Waals surface area (Å²) >= 11 is 6.09. The first-order valence-corrected chi connectivity index (χ1v) is 10.6. The molecule has 0 spiro atoms. The normalized spacial score (nSPS) is 18.2. The van der Waals surface area contributed by atoms with Crippen LogP contribution in [0.1, 0.15) is 43.9 Å². The van der Waals surface area contributed by atoms with Gasteiger partial charge in [-0.3, -0.25) is 0 Å². The van der Waals surface area contributed by atoms with Crippen molar-refractivity contribution in [3.8, 4) is 6.07 Å². The molecule has 2 aromatic heterocycles. The molecule has 0 aromatic carbocycles. The topological polar surface area (TPSA) is 138 Å². The lowest BCUT2D eigenvalue weighted by Gasteiger charge is -2.27. The van der Waals surface area contributed by atoms with Crippen molar-refractivity contribution in [2.75, 3.05) is 25.1 Å². The van der Waals surface area contributed by atoms with Crippen LogP contribution >= 0.6 is 11.6 Å². The SMILES string of the molecule is CC(C)c1c(C#N)c(Cl)c2cnc(N)nn12.CS(=O)(=O)N1CCCC(O)C1. The van der Waals surface area contributed by atoms with Gasteiger partial charge in [0.1, 0.15) is 11.6 Å². The number of rotatable bonds is 2. The fourth-order valence-electron chi connectivity index (χ4n) is 2.91. The molecule has 0 bridgehead atoms. The average molecular weight is 415 g/mol. The highest BCUT2D eigenvalue weighted by atomic mass is 35.5. The van der Waals surface area contributed by atoms with Crippen molar-refractivity contribution in [3.63, 3.8) is 0 Å². The highest BCUT2D eigenvalue weighted by Crippen LogP contribution is 2.31. The zero-order valence-corrected chi connectivity index (χ0v) is 17.0. The highest BCUT2D eigenvalue weighted by molar-refractivity contribution is 7.88. The number of nitrogens with zero attached hydrogens (tertiary/aromatic N) is 5. The van der Waals surface area contributed by atoms with Crippen LogP contribution in [0, 0.1) is 11.3 Å². The lowest BCUT2D eigenvalue weighted by Crippen LogP contribution is -2.41. The molecule has 0 saturated carbocycles. The number of aliphatic hydroxyl groups is 1. The Balaban J connectivity index is 0.000000208. The second kappa shape index (κ2) is 8.39. The van der Waals surface area contributed by atoms with Gasteiger partial charge in [0.2, 0.25) is 16.0 Å². The molecule has 27 heavy (non-hydrogen) atoms. The number of aromatic nitrogens is 3. The third-order valence-electron chi connectivity index (χ3n) is 4.17. The molecule has 1 atom stereocenters. The number of nitriles is 1. The van der Waals surface area contributed by atoms with Crippen LogP contribution in [-0.2, 0) is 10.0 Å². The van der Waals surface area contributed by atoms with Crippen molar-refractivity contribution in [2.45, 2.75) is 38.7 Å². The Labute approximate surface area is 163 Å². The van der Waals surface area contributed by atoms with Gasteiger partial charge in [-0.25, -0.2) is 17.9 Å². The Morgan fingerprint density at radius 3 is 2.63 bits per heavy atom. The summed E-state index contributed by atoms with van der Waals surface area (Å²) in [7, 11) is -3.09. The number of fused-ring (bicyclic) bond motifs is 1. The number of β-amino-alcohol motifs (C(OH)–C–C–N with tert-alkyl or cyclic N) is 1. The average Bonchev–Trinajstić information content (AvgIpc) is 2.86. The summed E-state index contributed by atoms with van der Waals surface area (Å²) in [5.74, 6) is 0.287. The van der Waals surface area contributed by atoms with Crippen LogP contribution in [0.4, 0.5) is 5.95 Å². The van der Waals surface area contributed by atoms with E-state index < -0.39 is 16.1 Å². The van der Waals surface area contributed by atoms with Crippen LogP contribution in [0.15, 0.2) is 6.20 Å². The maximum absolute atomic E-state index is 10.9. The predicted molar refractivity (Wildman–Crippen MR) is 103 cm³/mol. The zero-order chi connectivity index (χ0) is 20.4. The Bertz CT molecular complexity index is 967. The third kappa shape index (κ3) is 4.87. The van der Waals surface area contributed by atoms with E-state index in [1.54, 1.807) is 4.52 Å². The van der Waals surface area contributed by atoms with Crippen molar-refractivity contribution >= 4 is 33.1 Å². The predicted octanol–water partition coefficient (Wildman–Crippen LogP) is 1.36. The van der Waals surface area contributed by atoms with Crippen molar-refractivity contribution in [2.24, 2.45) is 0 Å². The van der Waals surface area contributed by atoms with Crippen molar-refractivity contribution in [1.82, 2.24) is 18.9 Å². The summed E-state index contributed by atoms with van der Waals surface area (Å²) < 4.78 is 24.8. The van der Waals surface area contributed by atoms with Crippen LogP contribution in [0.3, 0.4) is 0 Å². The number of halogens is 1. The first-order valence-electron chi connectivity index (χ1n) is 8.42. The number of hydrogen-bond acceptors (Lipinski definition) is 7. The summed E-state index contributed by atoms with van der Waals surface area (Å²) in [6, 6.07) is 2.09. The van der Waals surface area contributed by atoms with E-state index in [9.17, 15) is 8.42 Å². The van der Waals surface area contributed by atoms with E-state index in [2.05, 4.69) is 16.2 Å². The summed E-state index contributed by atoms with van der Waals surface area (Å²) in [4.78, 5) is 3.87. The van der Waals surface area contributed by atoms with Gasteiger partial charge in [-0.2, -0.15) is 9.57 Å². The van der Waals surface area contributed by atoms with Gasteiger partial charge in [0.15, 0.2) is 0 Å². The largest absolute Gasteiger partial charge is 0.392 e. The lowest BCUT2D eigenvalue weighted by molar-refractivity contribution is 0.108. The number of sulfonamides is 1. The molecule has 0 aliphatic carbocycles. The second-order valence-electron chi connectivity index (χ2n) is 6.67. The molecule has 1 fully saturated rings. The van der Waals surface area contributed by atoms with Gasteiger partial charge in [-0.1, -0.05) is 25.4 Å². The van der Waals surface area contributed by atoms with E-state index in [4.69, 9.17) is 27.7 Å². The fraction of sp³-hybridized carbons (Fsp3) is 0.562. The molecule has 3 rings (SSSR count). The summed E-state index contributed by atoms with van der Waals surface area (Å²) in [5.41, 5.74) is 7.33. The maximum atomic E-state index is 10.9. The van der Waals surface area contributed by atoms with Crippen LogP contribution in [0.2, 0.25) is 5.02 Å². The molecule has 0 amide bonds. The summed E-state index contributed by atoms with van der Waals surface area (Å²) in [5, 5.41) is 22.7. The molecule has 2 aromatic rings. The Kier molecular flexibility index (Phi) is 6.64. The first-order chi connectivity index (χ1) is 12.6. The zero-order valence-electron chi connectivity index (χ0n) is 15.4. The van der Waals surface area contributed by atoms with Gasteiger partial charge < -0.3 is 10.8 Å². The van der Waals surface area contributed by atoms with Gasteiger partial charge in [-0.15, -0.1) is 5.10 Å². The van der Waals surface area contributed by atoms with Gasteiger partial charge in [0, 0.05) is 13.1 Å². The molecule has 1 aliphatic heterocycles. The molecule has 1 saturated heterocycles. The Morgan fingerprint density at radius 1 is 1.48 bits per heavy atom. The number of nitrogen functional groups attached to an aromatic ring is 1. The minimum atomic E-state index is -3.09. The molecule has 0 radical (unpaired) electrons. The van der Waals surface area contributed by atoms with Crippen LogP contribution in [-0.4, -0.2) is 57.9 Å². The first kappa shape index (κ1) is 21.4. The molecule has 3 heterocycles. The lowest BCUT2D eigenvalue weighted by atomic mass is 10.1. The number of piperidine rings is 1. The number of nitrogens with two attached hydrogens (primary N) is 1. The molecular weight excluding hydrogens is 392 g/mol. The van der Waals surface area contributed by atoms with E-state index in [0.29, 0.717) is 29.1 Å². The minimum absolute atomic E-state index is 0.129. The Hall–Kier alpha value is -1.93. The monoisotopic (exact) mass is 414 g/mol. The molecule has 1 unspecified atom stereocenters. The Morgan fingerprint density at radius 2 is 2.15 bits per heavy atom. The fourth-order valence-corrected chi connectivity index (χ4v) is 4.08. The van der Waals surface area contributed by atoms with Crippen LogP contribution in [0.25, 0.3) is 5.52 Å². The van der Waals surface area contributed by atoms with Crippen molar-refractivity contribution in [3.05, 3.63) is 22.5 Å². The molecule has 9 nitrogen and oxygen atoms in total. The smallest absolute Gasteiger partial charge is 0.238 e. The molecule has 1 aliphatic rings.